The van der Waals surface area contributed by atoms with Crippen LogP contribution in [0.3, 0.4) is 0 Å². The quantitative estimate of drug-likeness (QED) is 0.948. The highest BCUT2D eigenvalue weighted by Gasteiger charge is 2.30. The van der Waals surface area contributed by atoms with Gasteiger partial charge in [0.1, 0.15) is 0 Å². The maximum Gasteiger partial charge on any atom is 0.255 e. The van der Waals surface area contributed by atoms with E-state index in [1.807, 2.05) is 22.4 Å². The fraction of sp³-hybridized carbons (Fsp3) is 0.467. The largest absolute Gasteiger partial charge is 0.377 e. The van der Waals surface area contributed by atoms with Gasteiger partial charge in [-0.1, -0.05) is 13.8 Å². The monoisotopic (exact) mass is 305 g/mol. The van der Waals surface area contributed by atoms with Crippen LogP contribution < -0.4 is 0 Å². The Balaban J connectivity index is 1.83. The van der Waals surface area contributed by atoms with Crippen LogP contribution in [0.5, 0.6) is 0 Å². The molecule has 0 aromatic carbocycles. The third kappa shape index (κ3) is 2.87. The number of thiophene rings is 1. The molecular weight excluding hydrogens is 286 g/mol. The third-order valence-electron chi connectivity index (χ3n) is 3.71. The second-order valence-electron chi connectivity index (χ2n) is 5.49. The van der Waals surface area contributed by atoms with Crippen LogP contribution in [0.4, 0.5) is 0 Å². The first-order valence-corrected chi connectivity index (χ1v) is 8.01. The number of hydrogen-bond acceptors (Lipinski definition) is 4. The van der Waals surface area contributed by atoms with Gasteiger partial charge >= 0.3 is 0 Å². The number of H-pyrrole nitrogens is 1. The molecule has 0 spiro atoms. The topological polar surface area (TPSA) is 58.2 Å². The summed E-state index contributed by atoms with van der Waals surface area (Å²) >= 11 is 1.65. The first kappa shape index (κ1) is 14.3. The molecule has 1 aliphatic rings. The molecule has 1 N–H and O–H groups in total. The van der Waals surface area contributed by atoms with E-state index in [4.69, 9.17) is 4.74 Å². The summed E-state index contributed by atoms with van der Waals surface area (Å²) in [6, 6.07) is 3.82. The third-order valence-corrected chi connectivity index (χ3v) is 4.94. The van der Waals surface area contributed by atoms with Crippen LogP contribution in [0.25, 0.3) is 0 Å². The summed E-state index contributed by atoms with van der Waals surface area (Å²) in [7, 11) is 0. The molecule has 0 bridgehead atoms. The Kier molecular flexibility index (Phi) is 4.07. The number of hydrogen-bond donors (Lipinski definition) is 1. The molecular formula is C15H19N3O2S. The van der Waals surface area contributed by atoms with Gasteiger partial charge in [-0.15, -0.1) is 11.3 Å². The van der Waals surface area contributed by atoms with Gasteiger partial charge in [-0.05, 0) is 18.1 Å². The zero-order chi connectivity index (χ0) is 14.8. The summed E-state index contributed by atoms with van der Waals surface area (Å²) in [5, 5.41) is 8.88. The number of morpholine rings is 1. The van der Waals surface area contributed by atoms with E-state index in [0.29, 0.717) is 25.7 Å². The minimum absolute atomic E-state index is 0.0704. The van der Waals surface area contributed by atoms with Gasteiger partial charge < -0.3 is 9.64 Å². The molecule has 1 fully saturated rings. The van der Waals surface area contributed by atoms with Crippen molar-refractivity contribution in [2.75, 3.05) is 19.8 Å². The highest BCUT2D eigenvalue weighted by molar-refractivity contribution is 7.10. The Morgan fingerprint density at radius 3 is 3.10 bits per heavy atom. The van der Waals surface area contributed by atoms with Crippen LogP contribution in [0, 0.1) is 0 Å². The van der Waals surface area contributed by atoms with E-state index in [1.165, 1.54) is 4.88 Å². The second-order valence-corrected chi connectivity index (χ2v) is 6.44. The average Bonchev–Trinajstić information content (AvgIpc) is 3.18. The van der Waals surface area contributed by atoms with Gasteiger partial charge in [-0.25, -0.2) is 0 Å². The summed E-state index contributed by atoms with van der Waals surface area (Å²) in [6.45, 7) is 5.98. The van der Waals surface area contributed by atoms with Crippen LogP contribution in [0.1, 0.15) is 46.7 Å². The number of aromatic nitrogens is 2. The number of nitrogens with one attached hydrogen (secondary N) is 1. The van der Waals surface area contributed by atoms with Crippen LogP contribution in [0.15, 0.2) is 23.7 Å². The van der Waals surface area contributed by atoms with E-state index in [2.05, 4.69) is 24.0 Å². The molecule has 0 unspecified atom stereocenters. The molecule has 1 atom stereocenters. The number of carbonyl (C=O) groups excluding carboxylic acids is 1. The molecule has 0 aliphatic carbocycles. The molecule has 1 saturated heterocycles. The van der Waals surface area contributed by atoms with Crippen molar-refractivity contribution in [1.29, 1.82) is 0 Å². The van der Waals surface area contributed by atoms with Crippen molar-refractivity contribution in [2.45, 2.75) is 25.8 Å². The lowest BCUT2D eigenvalue weighted by atomic mass is 10.1. The van der Waals surface area contributed by atoms with E-state index in [0.717, 1.165) is 11.3 Å². The van der Waals surface area contributed by atoms with Gasteiger partial charge in [-0.2, -0.15) is 5.10 Å². The number of amides is 1. The first-order chi connectivity index (χ1) is 10.2. The molecule has 1 aliphatic heterocycles. The van der Waals surface area contributed by atoms with E-state index in [9.17, 15) is 4.79 Å². The summed E-state index contributed by atoms with van der Waals surface area (Å²) in [5.74, 6) is 0.519. The molecule has 3 heterocycles. The van der Waals surface area contributed by atoms with Crippen molar-refractivity contribution in [3.8, 4) is 0 Å². The van der Waals surface area contributed by atoms with Gasteiger partial charge in [0.05, 0.1) is 30.5 Å². The highest BCUT2D eigenvalue weighted by Crippen LogP contribution is 2.28. The Labute approximate surface area is 127 Å². The van der Waals surface area contributed by atoms with Crippen molar-refractivity contribution in [3.63, 3.8) is 0 Å². The fourth-order valence-electron chi connectivity index (χ4n) is 2.49. The molecule has 112 valence electrons. The fourth-order valence-corrected chi connectivity index (χ4v) is 3.39. The zero-order valence-corrected chi connectivity index (χ0v) is 13.0. The lowest BCUT2D eigenvalue weighted by molar-refractivity contribution is -0.00388. The Hall–Kier alpha value is -1.66. The van der Waals surface area contributed by atoms with E-state index < -0.39 is 0 Å². The van der Waals surface area contributed by atoms with Crippen LogP contribution in [-0.2, 0) is 4.74 Å². The molecule has 21 heavy (non-hydrogen) atoms. The first-order valence-electron chi connectivity index (χ1n) is 7.13. The molecule has 5 nitrogen and oxygen atoms in total. The van der Waals surface area contributed by atoms with Crippen molar-refractivity contribution >= 4 is 17.2 Å². The standard InChI is InChI=1S/C15H19N3O2S/c1-10(2)14-7-11(9-21-14)15(19)18-5-6-20-8-13(18)12-3-4-16-17-12/h3-4,7,9-10,13H,5-6,8H2,1-2H3,(H,16,17)/t13-/m1/s1. The number of ether oxygens (including phenoxy) is 1. The SMILES string of the molecule is CC(C)c1cc(C(=O)N2CCOC[C@@H]2c2ccn[nH]2)cs1. The second kappa shape index (κ2) is 5.99. The molecule has 2 aromatic heterocycles. The Morgan fingerprint density at radius 1 is 1.57 bits per heavy atom. The van der Waals surface area contributed by atoms with E-state index in [-0.39, 0.29) is 11.9 Å². The molecule has 0 saturated carbocycles. The summed E-state index contributed by atoms with van der Waals surface area (Å²) < 4.78 is 5.53. The molecule has 0 radical (unpaired) electrons. The number of rotatable bonds is 3. The summed E-state index contributed by atoms with van der Waals surface area (Å²) in [6.07, 6.45) is 1.70. The predicted molar refractivity (Wildman–Crippen MR) is 81.6 cm³/mol. The van der Waals surface area contributed by atoms with Crippen LogP contribution in [-0.4, -0.2) is 40.8 Å². The highest BCUT2D eigenvalue weighted by atomic mass is 32.1. The Morgan fingerprint density at radius 2 is 2.43 bits per heavy atom. The lowest BCUT2D eigenvalue weighted by Crippen LogP contribution is -2.43. The smallest absolute Gasteiger partial charge is 0.255 e. The number of nitrogens with zero attached hydrogens (tertiary/aromatic N) is 2. The minimum atomic E-state index is -0.0869. The lowest BCUT2D eigenvalue weighted by Gasteiger charge is -2.34. The maximum absolute atomic E-state index is 12.8. The van der Waals surface area contributed by atoms with E-state index >= 15 is 0 Å². The minimum Gasteiger partial charge on any atom is -0.377 e. The van der Waals surface area contributed by atoms with Crippen molar-refractivity contribution in [1.82, 2.24) is 15.1 Å². The van der Waals surface area contributed by atoms with Crippen molar-refractivity contribution in [3.05, 3.63) is 39.8 Å². The predicted octanol–water partition coefficient (Wildman–Crippen LogP) is 2.81. The van der Waals surface area contributed by atoms with Crippen LogP contribution in [0.2, 0.25) is 0 Å². The molecule has 3 rings (SSSR count). The van der Waals surface area contributed by atoms with Gasteiger partial charge in [0.15, 0.2) is 0 Å². The maximum atomic E-state index is 12.8. The summed E-state index contributed by atoms with van der Waals surface area (Å²) in [4.78, 5) is 15.9. The van der Waals surface area contributed by atoms with Crippen molar-refractivity contribution < 1.29 is 9.53 Å². The van der Waals surface area contributed by atoms with Gasteiger partial charge in [0.25, 0.3) is 5.91 Å². The molecule has 2 aromatic rings. The van der Waals surface area contributed by atoms with Gasteiger partial charge in [0, 0.05) is 23.0 Å². The number of aromatic amines is 1. The molecule has 6 heteroatoms. The average molecular weight is 305 g/mol. The van der Waals surface area contributed by atoms with E-state index in [1.54, 1.807) is 17.5 Å². The van der Waals surface area contributed by atoms with Gasteiger partial charge in [-0.3, -0.25) is 9.89 Å². The van der Waals surface area contributed by atoms with Gasteiger partial charge in [0.2, 0.25) is 0 Å². The Bertz CT molecular complexity index is 606. The van der Waals surface area contributed by atoms with Crippen LogP contribution >= 0.6 is 11.3 Å². The van der Waals surface area contributed by atoms with Crippen molar-refractivity contribution in [2.24, 2.45) is 0 Å². The normalized spacial score (nSPS) is 19.2. The molecule has 1 amide bonds. The number of carbonyl (C=O) groups is 1. The summed E-state index contributed by atoms with van der Waals surface area (Å²) in [5.41, 5.74) is 1.69. The zero-order valence-electron chi connectivity index (χ0n) is 12.2.